The third kappa shape index (κ3) is 4.20. The summed E-state index contributed by atoms with van der Waals surface area (Å²) in [5.74, 6) is 0.281. The molecule has 0 spiro atoms. The molecule has 1 aromatic carbocycles. The van der Waals surface area contributed by atoms with Crippen LogP contribution < -0.4 is 0 Å². The molecule has 1 saturated carbocycles. The highest BCUT2D eigenvalue weighted by atomic mass is 32.2. The first kappa shape index (κ1) is 19.3. The number of carbonyl (C=O) groups is 1. The van der Waals surface area contributed by atoms with Crippen LogP contribution in [0.3, 0.4) is 0 Å². The van der Waals surface area contributed by atoms with E-state index in [4.69, 9.17) is 0 Å². The Labute approximate surface area is 172 Å². The number of nitrogens with zero attached hydrogens (tertiary/aromatic N) is 3. The summed E-state index contributed by atoms with van der Waals surface area (Å²) in [6.07, 6.45) is 7.46. The average molecular weight is 416 g/mol. The summed E-state index contributed by atoms with van der Waals surface area (Å²) in [5.41, 5.74) is 1.81. The van der Waals surface area contributed by atoms with Gasteiger partial charge in [0, 0.05) is 18.0 Å². The molecule has 1 fully saturated rings. The number of halogens is 1. The number of benzene rings is 1. The minimum atomic E-state index is -0.249. The van der Waals surface area contributed by atoms with Gasteiger partial charge in [0.1, 0.15) is 17.2 Å². The standard InChI is InChI=1S/C21H22FN3OS2/c1-25(16-5-3-2-4-6-16)19(26)12-27-21-20-17(23-13-24-21)11-18(28-20)14-7-9-15(22)10-8-14/h7-11,13,16H,2-6,12H2,1H3. The molecule has 0 saturated heterocycles. The van der Waals surface area contributed by atoms with Gasteiger partial charge < -0.3 is 4.90 Å². The maximum Gasteiger partial charge on any atom is 0.232 e. The second-order valence-corrected chi connectivity index (χ2v) is 9.11. The minimum absolute atomic E-state index is 0.152. The van der Waals surface area contributed by atoms with Gasteiger partial charge in [-0.3, -0.25) is 4.79 Å². The smallest absolute Gasteiger partial charge is 0.232 e. The Kier molecular flexibility index (Phi) is 5.92. The van der Waals surface area contributed by atoms with Crippen molar-refractivity contribution in [1.82, 2.24) is 14.9 Å². The summed E-state index contributed by atoms with van der Waals surface area (Å²) in [6, 6.07) is 8.82. The van der Waals surface area contributed by atoms with Gasteiger partial charge >= 0.3 is 0 Å². The maximum atomic E-state index is 13.2. The summed E-state index contributed by atoms with van der Waals surface area (Å²) in [4.78, 5) is 24.3. The molecule has 1 amide bonds. The lowest BCUT2D eigenvalue weighted by Gasteiger charge is -2.31. The lowest BCUT2D eigenvalue weighted by Crippen LogP contribution is -2.39. The van der Waals surface area contributed by atoms with Crippen molar-refractivity contribution < 1.29 is 9.18 Å². The zero-order valence-corrected chi connectivity index (χ0v) is 17.4. The van der Waals surface area contributed by atoms with E-state index in [2.05, 4.69) is 9.97 Å². The monoisotopic (exact) mass is 415 g/mol. The van der Waals surface area contributed by atoms with Crippen LogP contribution in [0, 0.1) is 5.82 Å². The molecule has 1 aliphatic rings. The molecular weight excluding hydrogens is 393 g/mol. The number of aromatic nitrogens is 2. The SMILES string of the molecule is CN(C(=O)CSc1ncnc2cc(-c3ccc(F)cc3)sc12)C1CCCCC1. The number of hydrogen-bond acceptors (Lipinski definition) is 5. The van der Waals surface area contributed by atoms with Crippen molar-refractivity contribution in [2.45, 2.75) is 43.2 Å². The van der Waals surface area contributed by atoms with E-state index in [1.165, 1.54) is 43.2 Å². The fourth-order valence-corrected chi connectivity index (χ4v) is 5.72. The highest BCUT2D eigenvalue weighted by Gasteiger charge is 2.22. The molecule has 0 atom stereocenters. The van der Waals surface area contributed by atoms with Crippen LogP contribution in [0.15, 0.2) is 41.7 Å². The van der Waals surface area contributed by atoms with E-state index >= 15 is 0 Å². The first-order valence-corrected chi connectivity index (χ1v) is 11.3. The van der Waals surface area contributed by atoms with Crippen molar-refractivity contribution in [1.29, 1.82) is 0 Å². The third-order valence-electron chi connectivity index (χ3n) is 5.26. The van der Waals surface area contributed by atoms with Crippen LogP contribution in [-0.4, -0.2) is 39.6 Å². The van der Waals surface area contributed by atoms with Gasteiger partial charge in [0.2, 0.25) is 5.91 Å². The first-order valence-electron chi connectivity index (χ1n) is 9.51. The number of thioether (sulfide) groups is 1. The summed E-state index contributed by atoms with van der Waals surface area (Å²) >= 11 is 3.05. The van der Waals surface area contributed by atoms with Crippen LogP contribution >= 0.6 is 23.1 Å². The van der Waals surface area contributed by atoms with Gasteiger partial charge in [-0.2, -0.15) is 0 Å². The van der Waals surface area contributed by atoms with E-state index in [1.807, 2.05) is 18.0 Å². The highest BCUT2D eigenvalue weighted by molar-refractivity contribution is 8.00. The number of fused-ring (bicyclic) bond motifs is 1. The molecule has 28 heavy (non-hydrogen) atoms. The largest absolute Gasteiger partial charge is 0.342 e. The number of amides is 1. The average Bonchev–Trinajstić information content (AvgIpc) is 3.17. The first-order chi connectivity index (χ1) is 13.6. The molecule has 3 aromatic rings. The quantitative estimate of drug-likeness (QED) is 0.415. The Morgan fingerprint density at radius 3 is 2.71 bits per heavy atom. The lowest BCUT2D eigenvalue weighted by atomic mass is 9.94. The summed E-state index contributed by atoms with van der Waals surface area (Å²) < 4.78 is 14.2. The van der Waals surface area contributed by atoms with Gasteiger partial charge in [0.05, 0.1) is 16.0 Å². The van der Waals surface area contributed by atoms with Crippen molar-refractivity contribution in [2.24, 2.45) is 0 Å². The highest BCUT2D eigenvalue weighted by Crippen LogP contribution is 2.37. The number of rotatable bonds is 5. The van der Waals surface area contributed by atoms with Gasteiger partial charge in [-0.15, -0.1) is 11.3 Å². The van der Waals surface area contributed by atoms with E-state index in [0.717, 1.165) is 38.5 Å². The van der Waals surface area contributed by atoms with E-state index in [0.29, 0.717) is 11.8 Å². The normalized spacial score (nSPS) is 15.1. The van der Waals surface area contributed by atoms with Crippen molar-refractivity contribution in [3.05, 3.63) is 42.5 Å². The van der Waals surface area contributed by atoms with Crippen LogP contribution in [0.2, 0.25) is 0 Å². The van der Waals surface area contributed by atoms with Gasteiger partial charge in [-0.05, 0) is 36.6 Å². The predicted octanol–water partition coefficient (Wildman–Crippen LogP) is 5.38. The van der Waals surface area contributed by atoms with Crippen molar-refractivity contribution in [3.8, 4) is 10.4 Å². The second kappa shape index (κ2) is 8.57. The van der Waals surface area contributed by atoms with Crippen molar-refractivity contribution in [3.63, 3.8) is 0 Å². The second-order valence-electron chi connectivity index (χ2n) is 7.10. The fourth-order valence-electron chi connectivity index (χ4n) is 3.60. The molecule has 146 valence electrons. The molecule has 0 radical (unpaired) electrons. The number of carbonyl (C=O) groups excluding carboxylic acids is 1. The number of hydrogen-bond donors (Lipinski definition) is 0. The molecule has 4 rings (SSSR count). The van der Waals surface area contributed by atoms with Gasteiger partial charge in [0.15, 0.2) is 0 Å². The van der Waals surface area contributed by atoms with Gasteiger partial charge in [-0.1, -0.05) is 43.2 Å². The van der Waals surface area contributed by atoms with E-state index < -0.39 is 0 Å². The van der Waals surface area contributed by atoms with Crippen LogP contribution in [0.25, 0.3) is 20.7 Å². The molecule has 0 aliphatic heterocycles. The minimum Gasteiger partial charge on any atom is -0.342 e. The Bertz CT molecular complexity index is 967. The topological polar surface area (TPSA) is 46.1 Å². The van der Waals surface area contributed by atoms with E-state index in [9.17, 15) is 9.18 Å². The molecule has 0 bridgehead atoms. The fraction of sp³-hybridized carbons (Fsp3) is 0.381. The Morgan fingerprint density at radius 1 is 1.21 bits per heavy atom. The lowest BCUT2D eigenvalue weighted by molar-refractivity contribution is -0.129. The predicted molar refractivity (Wildman–Crippen MR) is 113 cm³/mol. The molecular formula is C21H22FN3OS2. The maximum absolute atomic E-state index is 13.2. The van der Waals surface area contributed by atoms with Crippen LogP contribution in [0.4, 0.5) is 4.39 Å². The van der Waals surface area contributed by atoms with Crippen molar-refractivity contribution >= 4 is 39.2 Å². The molecule has 7 heteroatoms. The van der Waals surface area contributed by atoms with Crippen LogP contribution in [0.1, 0.15) is 32.1 Å². The zero-order valence-electron chi connectivity index (χ0n) is 15.7. The zero-order chi connectivity index (χ0) is 19.5. The molecule has 4 nitrogen and oxygen atoms in total. The number of thiophene rings is 1. The summed E-state index contributed by atoms with van der Waals surface area (Å²) in [5, 5.41) is 0.828. The summed E-state index contributed by atoms with van der Waals surface area (Å²) in [7, 11) is 1.92. The molecule has 0 unspecified atom stereocenters. The molecule has 2 aromatic heterocycles. The summed E-state index contributed by atoms with van der Waals surface area (Å²) in [6.45, 7) is 0. The third-order valence-corrected chi connectivity index (χ3v) is 7.54. The van der Waals surface area contributed by atoms with Crippen LogP contribution in [0.5, 0.6) is 0 Å². The Hall–Kier alpha value is -1.99. The molecule has 2 heterocycles. The van der Waals surface area contributed by atoms with Crippen LogP contribution in [-0.2, 0) is 4.79 Å². The molecule has 0 N–H and O–H groups in total. The van der Waals surface area contributed by atoms with E-state index in [1.54, 1.807) is 29.8 Å². The van der Waals surface area contributed by atoms with Gasteiger partial charge in [0.25, 0.3) is 0 Å². The van der Waals surface area contributed by atoms with E-state index in [-0.39, 0.29) is 11.7 Å². The Morgan fingerprint density at radius 2 is 1.96 bits per heavy atom. The van der Waals surface area contributed by atoms with Gasteiger partial charge in [-0.25, -0.2) is 14.4 Å². The molecule has 1 aliphatic carbocycles. The van der Waals surface area contributed by atoms with Crippen molar-refractivity contribution in [2.75, 3.05) is 12.8 Å². The Balaban J connectivity index is 1.49.